The molecule has 0 saturated heterocycles. The van der Waals surface area contributed by atoms with Crippen molar-refractivity contribution in [3.8, 4) is 11.5 Å². The van der Waals surface area contributed by atoms with E-state index < -0.39 is 0 Å². The molecule has 0 spiro atoms. The van der Waals surface area contributed by atoms with Crippen LogP contribution in [-0.4, -0.2) is 7.11 Å². The van der Waals surface area contributed by atoms with E-state index in [0.717, 1.165) is 12.0 Å². The van der Waals surface area contributed by atoms with Gasteiger partial charge in [-0.2, -0.15) is 0 Å². The Morgan fingerprint density at radius 3 is 2.26 bits per heavy atom. The molecule has 0 saturated carbocycles. The van der Waals surface area contributed by atoms with Crippen LogP contribution in [0.5, 0.6) is 11.5 Å². The van der Waals surface area contributed by atoms with Crippen LogP contribution in [0.4, 0.5) is 5.69 Å². The summed E-state index contributed by atoms with van der Waals surface area (Å²) >= 11 is 0. The highest BCUT2D eigenvalue weighted by Crippen LogP contribution is 2.29. The summed E-state index contributed by atoms with van der Waals surface area (Å²) in [4.78, 5) is 0. The second-order valence-electron chi connectivity index (χ2n) is 4.37. The number of ether oxygens (including phenoxy) is 2. The van der Waals surface area contributed by atoms with Gasteiger partial charge in [0, 0.05) is 11.8 Å². The molecule has 2 rings (SSSR count). The Balaban J connectivity index is 2.07. The van der Waals surface area contributed by atoms with E-state index in [-0.39, 0.29) is 0 Å². The van der Waals surface area contributed by atoms with Crippen LogP contribution < -0.4 is 15.2 Å². The lowest BCUT2D eigenvalue weighted by molar-refractivity contribution is 0.284. The van der Waals surface area contributed by atoms with Crippen LogP contribution in [0.15, 0.2) is 42.5 Å². The summed E-state index contributed by atoms with van der Waals surface area (Å²) in [5, 5.41) is 0. The molecule has 100 valence electrons. The van der Waals surface area contributed by atoms with Gasteiger partial charge in [-0.3, -0.25) is 0 Å². The zero-order valence-corrected chi connectivity index (χ0v) is 11.3. The van der Waals surface area contributed by atoms with Gasteiger partial charge < -0.3 is 15.2 Å². The normalized spacial score (nSPS) is 10.2. The third-order valence-electron chi connectivity index (χ3n) is 3.01. The summed E-state index contributed by atoms with van der Waals surface area (Å²) in [5.41, 5.74) is 8.87. The Morgan fingerprint density at radius 2 is 1.63 bits per heavy atom. The molecule has 0 heterocycles. The maximum absolute atomic E-state index is 5.76. The van der Waals surface area contributed by atoms with Crippen LogP contribution in [0.1, 0.15) is 18.1 Å². The molecule has 3 heteroatoms. The smallest absolute Gasteiger partial charge is 0.163 e. The summed E-state index contributed by atoms with van der Waals surface area (Å²) in [6, 6.07) is 13.8. The SMILES string of the molecule is CCc1ccc(COc2cc(N)ccc2OC)cc1. The molecule has 0 atom stereocenters. The Bertz CT molecular complexity index is 535. The Hall–Kier alpha value is -2.16. The number of aryl methyl sites for hydroxylation is 1. The van der Waals surface area contributed by atoms with Crippen LogP contribution in [0, 0.1) is 0 Å². The van der Waals surface area contributed by atoms with Crippen molar-refractivity contribution in [1.29, 1.82) is 0 Å². The molecular formula is C16H19NO2. The lowest BCUT2D eigenvalue weighted by Gasteiger charge is -2.11. The van der Waals surface area contributed by atoms with Gasteiger partial charge in [0.1, 0.15) is 6.61 Å². The highest BCUT2D eigenvalue weighted by atomic mass is 16.5. The van der Waals surface area contributed by atoms with Crippen molar-refractivity contribution in [2.75, 3.05) is 12.8 Å². The predicted molar refractivity (Wildman–Crippen MR) is 77.6 cm³/mol. The fourth-order valence-electron chi connectivity index (χ4n) is 1.84. The second-order valence-corrected chi connectivity index (χ2v) is 4.37. The highest BCUT2D eigenvalue weighted by Gasteiger charge is 2.05. The van der Waals surface area contributed by atoms with Crippen LogP contribution >= 0.6 is 0 Å². The largest absolute Gasteiger partial charge is 0.493 e. The Kier molecular flexibility index (Phi) is 4.29. The average Bonchev–Trinajstić information content (AvgIpc) is 2.46. The van der Waals surface area contributed by atoms with E-state index in [1.165, 1.54) is 5.56 Å². The molecule has 2 N–H and O–H groups in total. The van der Waals surface area contributed by atoms with Crippen molar-refractivity contribution < 1.29 is 9.47 Å². The number of hydrogen-bond donors (Lipinski definition) is 1. The molecule has 0 aliphatic carbocycles. The van der Waals surface area contributed by atoms with Gasteiger partial charge in [-0.1, -0.05) is 31.2 Å². The number of nitrogen functional groups attached to an aromatic ring is 1. The molecule has 3 nitrogen and oxygen atoms in total. The topological polar surface area (TPSA) is 44.5 Å². The first-order valence-corrected chi connectivity index (χ1v) is 6.37. The first-order valence-electron chi connectivity index (χ1n) is 6.37. The van der Waals surface area contributed by atoms with Gasteiger partial charge in [0.05, 0.1) is 7.11 Å². The van der Waals surface area contributed by atoms with Gasteiger partial charge in [-0.25, -0.2) is 0 Å². The van der Waals surface area contributed by atoms with Gasteiger partial charge in [-0.15, -0.1) is 0 Å². The van der Waals surface area contributed by atoms with Crippen LogP contribution in [0.3, 0.4) is 0 Å². The molecule has 0 aliphatic heterocycles. The first-order chi connectivity index (χ1) is 9.22. The molecule has 0 fully saturated rings. The minimum absolute atomic E-state index is 0.504. The molecule has 0 aromatic heterocycles. The lowest BCUT2D eigenvalue weighted by atomic mass is 10.1. The molecule has 19 heavy (non-hydrogen) atoms. The number of nitrogens with two attached hydrogens (primary N) is 1. The van der Waals surface area contributed by atoms with E-state index in [1.54, 1.807) is 19.2 Å². The summed E-state index contributed by atoms with van der Waals surface area (Å²) in [6.07, 6.45) is 1.05. The van der Waals surface area contributed by atoms with Gasteiger partial charge in [-0.05, 0) is 29.7 Å². The average molecular weight is 257 g/mol. The van der Waals surface area contributed by atoms with Crippen LogP contribution in [0.25, 0.3) is 0 Å². The fourth-order valence-corrected chi connectivity index (χ4v) is 1.84. The standard InChI is InChI=1S/C16H19NO2/c1-3-12-4-6-13(7-5-12)11-19-16-10-14(17)8-9-15(16)18-2/h4-10H,3,11,17H2,1-2H3. The Morgan fingerprint density at radius 1 is 0.947 bits per heavy atom. The van der Waals surface area contributed by atoms with Crippen molar-refractivity contribution in [2.24, 2.45) is 0 Å². The molecular weight excluding hydrogens is 238 g/mol. The molecule has 0 aliphatic rings. The quantitative estimate of drug-likeness (QED) is 0.835. The van der Waals surface area contributed by atoms with E-state index in [4.69, 9.17) is 15.2 Å². The van der Waals surface area contributed by atoms with E-state index >= 15 is 0 Å². The van der Waals surface area contributed by atoms with Gasteiger partial charge in [0.25, 0.3) is 0 Å². The molecule has 2 aromatic rings. The van der Waals surface area contributed by atoms with Gasteiger partial charge >= 0.3 is 0 Å². The summed E-state index contributed by atoms with van der Waals surface area (Å²) in [7, 11) is 1.62. The number of methoxy groups -OCH3 is 1. The van der Waals surface area contributed by atoms with Gasteiger partial charge in [0.15, 0.2) is 11.5 Å². The number of rotatable bonds is 5. The maximum atomic E-state index is 5.76. The number of benzene rings is 2. The summed E-state index contributed by atoms with van der Waals surface area (Å²) < 4.78 is 11.0. The van der Waals surface area contributed by atoms with E-state index in [1.807, 2.05) is 6.07 Å². The zero-order valence-electron chi connectivity index (χ0n) is 11.3. The van der Waals surface area contributed by atoms with Crippen LogP contribution in [-0.2, 0) is 13.0 Å². The van der Waals surface area contributed by atoms with Crippen molar-refractivity contribution in [1.82, 2.24) is 0 Å². The van der Waals surface area contributed by atoms with Crippen molar-refractivity contribution in [2.45, 2.75) is 20.0 Å². The van der Waals surface area contributed by atoms with E-state index in [9.17, 15) is 0 Å². The molecule has 0 amide bonds. The zero-order chi connectivity index (χ0) is 13.7. The van der Waals surface area contributed by atoms with Crippen molar-refractivity contribution >= 4 is 5.69 Å². The van der Waals surface area contributed by atoms with Crippen molar-refractivity contribution in [3.05, 3.63) is 53.6 Å². The first kappa shape index (κ1) is 13.3. The number of hydrogen-bond acceptors (Lipinski definition) is 3. The third kappa shape index (κ3) is 3.41. The van der Waals surface area contributed by atoms with E-state index in [0.29, 0.717) is 23.8 Å². The summed E-state index contributed by atoms with van der Waals surface area (Å²) in [5.74, 6) is 1.36. The van der Waals surface area contributed by atoms with Crippen LogP contribution in [0.2, 0.25) is 0 Å². The van der Waals surface area contributed by atoms with E-state index in [2.05, 4.69) is 31.2 Å². The minimum atomic E-state index is 0.504. The molecule has 0 bridgehead atoms. The molecule has 0 radical (unpaired) electrons. The molecule has 0 unspecified atom stereocenters. The van der Waals surface area contributed by atoms with Crippen molar-refractivity contribution in [3.63, 3.8) is 0 Å². The number of anilines is 1. The maximum Gasteiger partial charge on any atom is 0.163 e. The minimum Gasteiger partial charge on any atom is -0.493 e. The van der Waals surface area contributed by atoms with Gasteiger partial charge in [0.2, 0.25) is 0 Å². The highest BCUT2D eigenvalue weighted by molar-refractivity contribution is 5.52. The monoisotopic (exact) mass is 257 g/mol. The Labute approximate surface area is 114 Å². The second kappa shape index (κ2) is 6.14. The third-order valence-corrected chi connectivity index (χ3v) is 3.01. The predicted octanol–water partition coefficient (Wildman–Crippen LogP) is 3.42. The fraction of sp³-hybridized carbons (Fsp3) is 0.250. The summed E-state index contributed by atoms with van der Waals surface area (Å²) in [6.45, 7) is 2.65. The lowest BCUT2D eigenvalue weighted by Crippen LogP contribution is -1.99. The molecule has 2 aromatic carbocycles.